The van der Waals surface area contributed by atoms with E-state index in [1.807, 2.05) is 25.1 Å². The van der Waals surface area contributed by atoms with Crippen molar-refractivity contribution in [2.24, 2.45) is 0 Å². The SMILES string of the molecule is Cc1nc(NC(=O)COc2ccccc2Cl)sc1-c1ccccn1. The van der Waals surface area contributed by atoms with Gasteiger partial charge < -0.3 is 4.74 Å². The van der Waals surface area contributed by atoms with Crippen molar-refractivity contribution in [1.82, 2.24) is 9.97 Å². The molecule has 0 bridgehead atoms. The predicted molar refractivity (Wildman–Crippen MR) is 95.7 cm³/mol. The summed E-state index contributed by atoms with van der Waals surface area (Å²) in [6.07, 6.45) is 1.73. The van der Waals surface area contributed by atoms with Crippen LogP contribution < -0.4 is 10.1 Å². The van der Waals surface area contributed by atoms with Crippen molar-refractivity contribution in [1.29, 1.82) is 0 Å². The first kappa shape index (κ1) is 16.4. The minimum Gasteiger partial charge on any atom is -0.482 e. The van der Waals surface area contributed by atoms with Gasteiger partial charge in [0.15, 0.2) is 11.7 Å². The number of nitrogens with one attached hydrogen (secondary N) is 1. The third-order valence-electron chi connectivity index (χ3n) is 3.14. The highest BCUT2D eigenvalue weighted by Crippen LogP contribution is 2.31. The number of anilines is 1. The number of halogens is 1. The van der Waals surface area contributed by atoms with Crippen molar-refractivity contribution in [3.05, 3.63) is 59.4 Å². The molecule has 2 heterocycles. The second kappa shape index (κ2) is 7.42. The summed E-state index contributed by atoms with van der Waals surface area (Å²) in [5.41, 5.74) is 1.65. The molecular formula is C17H14ClN3O2S. The van der Waals surface area contributed by atoms with Crippen molar-refractivity contribution in [3.63, 3.8) is 0 Å². The quantitative estimate of drug-likeness (QED) is 0.742. The van der Waals surface area contributed by atoms with Gasteiger partial charge in [-0.2, -0.15) is 0 Å². The van der Waals surface area contributed by atoms with Gasteiger partial charge in [-0.3, -0.25) is 15.1 Å². The molecule has 0 atom stereocenters. The highest BCUT2D eigenvalue weighted by atomic mass is 35.5. The van der Waals surface area contributed by atoms with E-state index in [1.165, 1.54) is 11.3 Å². The lowest BCUT2D eigenvalue weighted by atomic mass is 10.3. The minimum absolute atomic E-state index is 0.138. The zero-order chi connectivity index (χ0) is 16.9. The molecule has 0 aliphatic carbocycles. The van der Waals surface area contributed by atoms with Crippen molar-refractivity contribution in [2.75, 3.05) is 11.9 Å². The fraction of sp³-hybridized carbons (Fsp3) is 0.118. The Labute approximate surface area is 148 Å². The molecule has 0 aliphatic rings. The van der Waals surface area contributed by atoms with Crippen LogP contribution in [0.5, 0.6) is 5.75 Å². The highest BCUT2D eigenvalue weighted by Gasteiger charge is 2.13. The second-order valence-corrected chi connectivity index (χ2v) is 6.32. The van der Waals surface area contributed by atoms with E-state index in [0.29, 0.717) is 15.9 Å². The van der Waals surface area contributed by atoms with Crippen molar-refractivity contribution in [2.45, 2.75) is 6.92 Å². The van der Waals surface area contributed by atoms with Crippen molar-refractivity contribution >= 4 is 34.0 Å². The maximum absolute atomic E-state index is 12.0. The summed E-state index contributed by atoms with van der Waals surface area (Å²) in [6.45, 7) is 1.75. The Bertz CT molecular complexity index is 852. The molecule has 0 fully saturated rings. The largest absolute Gasteiger partial charge is 0.482 e. The number of pyridine rings is 1. The number of carbonyl (C=O) groups excluding carboxylic acids is 1. The summed E-state index contributed by atoms with van der Waals surface area (Å²) >= 11 is 7.36. The van der Waals surface area contributed by atoms with Gasteiger partial charge in [0, 0.05) is 6.20 Å². The normalized spacial score (nSPS) is 10.4. The number of thiazole rings is 1. The molecule has 0 unspecified atom stereocenters. The van der Waals surface area contributed by atoms with Crippen LogP contribution in [0.2, 0.25) is 5.02 Å². The number of hydrogen-bond acceptors (Lipinski definition) is 5. The molecule has 1 aromatic carbocycles. The molecule has 7 heteroatoms. The average molecular weight is 360 g/mol. The number of carbonyl (C=O) groups is 1. The first-order chi connectivity index (χ1) is 11.6. The summed E-state index contributed by atoms with van der Waals surface area (Å²) in [4.78, 5) is 21.6. The highest BCUT2D eigenvalue weighted by molar-refractivity contribution is 7.19. The van der Waals surface area contributed by atoms with Gasteiger partial charge in [-0.1, -0.05) is 41.1 Å². The molecule has 0 saturated heterocycles. The van der Waals surface area contributed by atoms with Gasteiger partial charge in [-0.05, 0) is 31.2 Å². The molecule has 0 radical (unpaired) electrons. The Kier molecular flexibility index (Phi) is 5.08. The average Bonchev–Trinajstić information content (AvgIpc) is 2.95. The molecule has 3 aromatic rings. The van der Waals surface area contributed by atoms with E-state index in [2.05, 4.69) is 15.3 Å². The summed E-state index contributed by atoms with van der Waals surface area (Å²) in [7, 11) is 0. The maximum atomic E-state index is 12.0. The fourth-order valence-corrected chi connectivity index (χ4v) is 3.19. The van der Waals surface area contributed by atoms with Gasteiger partial charge in [0.25, 0.3) is 5.91 Å². The van der Waals surface area contributed by atoms with E-state index < -0.39 is 0 Å². The maximum Gasteiger partial charge on any atom is 0.264 e. The molecule has 1 N–H and O–H groups in total. The second-order valence-electron chi connectivity index (χ2n) is 4.92. The van der Waals surface area contributed by atoms with E-state index in [9.17, 15) is 4.79 Å². The number of hydrogen-bond donors (Lipinski definition) is 1. The smallest absolute Gasteiger partial charge is 0.264 e. The van der Waals surface area contributed by atoms with Gasteiger partial charge in [0.05, 0.1) is 21.3 Å². The number of rotatable bonds is 5. The zero-order valence-corrected chi connectivity index (χ0v) is 14.4. The molecule has 3 rings (SSSR count). The number of amides is 1. The van der Waals surface area contributed by atoms with Crippen molar-refractivity contribution in [3.8, 4) is 16.3 Å². The van der Waals surface area contributed by atoms with Crippen LogP contribution in [-0.2, 0) is 4.79 Å². The monoisotopic (exact) mass is 359 g/mol. The Morgan fingerprint density at radius 2 is 2.04 bits per heavy atom. The molecular weight excluding hydrogens is 346 g/mol. The van der Waals surface area contributed by atoms with Crippen LogP contribution in [0.3, 0.4) is 0 Å². The molecule has 122 valence electrons. The molecule has 0 aliphatic heterocycles. The van der Waals surface area contributed by atoms with E-state index in [0.717, 1.165) is 16.3 Å². The number of aromatic nitrogens is 2. The number of ether oxygens (including phenoxy) is 1. The summed E-state index contributed by atoms with van der Waals surface area (Å²) in [5.74, 6) is 0.176. The minimum atomic E-state index is -0.295. The van der Waals surface area contributed by atoms with Crippen LogP contribution in [-0.4, -0.2) is 22.5 Å². The van der Waals surface area contributed by atoms with Crippen molar-refractivity contribution < 1.29 is 9.53 Å². The van der Waals surface area contributed by atoms with Crippen LogP contribution in [0, 0.1) is 6.92 Å². The van der Waals surface area contributed by atoms with Gasteiger partial charge in [-0.15, -0.1) is 0 Å². The van der Waals surface area contributed by atoms with Crippen LogP contribution in [0.4, 0.5) is 5.13 Å². The summed E-state index contributed by atoms with van der Waals surface area (Å²) < 4.78 is 5.41. The molecule has 0 saturated carbocycles. The predicted octanol–water partition coefficient (Wildman–Crippen LogP) is 4.18. The van der Waals surface area contributed by atoms with Crippen LogP contribution in [0.1, 0.15) is 5.69 Å². The van der Waals surface area contributed by atoms with Gasteiger partial charge in [0.1, 0.15) is 5.75 Å². The van der Waals surface area contributed by atoms with Crippen LogP contribution in [0.25, 0.3) is 10.6 Å². The standard InChI is InChI=1S/C17H14ClN3O2S/c1-11-16(13-7-4-5-9-19-13)24-17(20-11)21-15(22)10-23-14-8-3-2-6-12(14)18/h2-9H,10H2,1H3,(H,20,21,22). The molecule has 0 spiro atoms. The summed E-state index contributed by atoms with van der Waals surface area (Å²) in [5, 5.41) is 3.72. The van der Waals surface area contributed by atoms with E-state index in [1.54, 1.807) is 30.5 Å². The summed E-state index contributed by atoms with van der Waals surface area (Å²) in [6, 6.07) is 12.7. The number of aryl methyl sites for hydroxylation is 1. The Morgan fingerprint density at radius 1 is 1.25 bits per heavy atom. The molecule has 1 amide bonds. The molecule has 2 aromatic heterocycles. The van der Waals surface area contributed by atoms with E-state index in [-0.39, 0.29) is 12.5 Å². The molecule has 24 heavy (non-hydrogen) atoms. The first-order valence-electron chi connectivity index (χ1n) is 7.19. The topological polar surface area (TPSA) is 64.1 Å². The van der Waals surface area contributed by atoms with Crippen LogP contribution in [0.15, 0.2) is 48.7 Å². The number of nitrogens with zero attached hydrogens (tertiary/aromatic N) is 2. The van der Waals surface area contributed by atoms with E-state index in [4.69, 9.17) is 16.3 Å². The number of para-hydroxylation sites is 1. The lowest BCUT2D eigenvalue weighted by Gasteiger charge is -2.06. The zero-order valence-electron chi connectivity index (χ0n) is 12.8. The van der Waals surface area contributed by atoms with Gasteiger partial charge in [-0.25, -0.2) is 4.98 Å². The van der Waals surface area contributed by atoms with Crippen LogP contribution >= 0.6 is 22.9 Å². The van der Waals surface area contributed by atoms with Gasteiger partial charge >= 0.3 is 0 Å². The third kappa shape index (κ3) is 3.90. The lowest BCUT2D eigenvalue weighted by molar-refractivity contribution is -0.118. The third-order valence-corrected chi connectivity index (χ3v) is 4.54. The molecule has 5 nitrogen and oxygen atoms in total. The Balaban J connectivity index is 1.64. The van der Waals surface area contributed by atoms with Gasteiger partial charge in [0.2, 0.25) is 0 Å². The number of benzene rings is 1. The first-order valence-corrected chi connectivity index (χ1v) is 8.39. The lowest BCUT2D eigenvalue weighted by Crippen LogP contribution is -2.20. The Morgan fingerprint density at radius 3 is 2.79 bits per heavy atom. The fourth-order valence-electron chi connectivity index (χ4n) is 2.05. The van der Waals surface area contributed by atoms with E-state index >= 15 is 0 Å². The Hall–Kier alpha value is -2.44.